The number of aliphatic hydroxyl groups is 2. The summed E-state index contributed by atoms with van der Waals surface area (Å²) in [5, 5.41) is 19.9. The standard InChI is InChI=1S/C13H17N5O4/c1-2-3-21-10-7(4-19)22-13(9(10)20)18-6-17-8-11(14)15-5-16-12(8)18/h2-3,5-7,9-10,13,19-20H,4H2,1H3,(H2,14,15,16)/b3-2+/t7-,9-,10-,13-/m1/s1. The van der Waals surface area contributed by atoms with E-state index in [-0.39, 0.29) is 12.4 Å². The second-order valence-electron chi connectivity index (χ2n) is 4.89. The molecule has 0 spiro atoms. The minimum Gasteiger partial charge on any atom is -0.493 e. The topological polar surface area (TPSA) is 129 Å². The van der Waals surface area contributed by atoms with Crippen LogP contribution in [0.2, 0.25) is 0 Å². The number of fused-ring (bicyclic) bond motifs is 1. The first-order chi connectivity index (χ1) is 10.7. The molecule has 1 saturated heterocycles. The SMILES string of the molecule is C/C=C/O[C@H]1[C@@H](O)[C@H](n2cnc3c(N)ncnc32)O[C@@H]1CO. The van der Waals surface area contributed by atoms with E-state index in [0.717, 1.165) is 0 Å². The van der Waals surface area contributed by atoms with E-state index >= 15 is 0 Å². The molecule has 9 heteroatoms. The summed E-state index contributed by atoms with van der Waals surface area (Å²) < 4.78 is 12.7. The minimum atomic E-state index is -0.998. The molecule has 0 aromatic carbocycles. The number of hydrogen-bond donors (Lipinski definition) is 3. The molecule has 4 N–H and O–H groups in total. The van der Waals surface area contributed by atoms with Crippen molar-refractivity contribution in [2.24, 2.45) is 0 Å². The Balaban J connectivity index is 1.95. The van der Waals surface area contributed by atoms with E-state index in [1.807, 2.05) is 0 Å². The second kappa shape index (κ2) is 5.87. The summed E-state index contributed by atoms with van der Waals surface area (Å²) in [5.74, 6) is 0.247. The van der Waals surface area contributed by atoms with Gasteiger partial charge in [-0.1, -0.05) is 6.08 Å². The van der Waals surface area contributed by atoms with Gasteiger partial charge in [-0.15, -0.1) is 0 Å². The summed E-state index contributed by atoms with van der Waals surface area (Å²) in [6, 6.07) is 0. The number of aliphatic hydroxyl groups excluding tert-OH is 2. The van der Waals surface area contributed by atoms with Crippen molar-refractivity contribution in [2.75, 3.05) is 12.3 Å². The van der Waals surface area contributed by atoms with Crippen LogP contribution >= 0.6 is 0 Å². The normalized spacial score (nSPS) is 28.7. The van der Waals surface area contributed by atoms with Crippen molar-refractivity contribution in [3.05, 3.63) is 25.0 Å². The molecule has 118 valence electrons. The van der Waals surface area contributed by atoms with Gasteiger partial charge in [0.05, 0.1) is 19.2 Å². The Kier molecular flexibility index (Phi) is 3.92. The fourth-order valence-corrected chi connectivity index (χ4v) is 2.49. The molecule has 1 fully saturated rings. The van der Waals surface area contributed by atoms with Crippen LogP contribution in [0.15, 0.2) is 25.0 Å². The summed E-state index contributed by atoms with van der Waals surface area (Å²) in [6.07, 6.45) is 2.79. The van der Waals surface area contributed by atoms with Gasteiger partial charge < -0.3 is 25.4 Å². The molecule has 0 unspecified atom stereocenters. The van der Waals surface area contributed by atoms with Crippen LogP contribution in [0, 0.1) is 0 Å². The first kappa shape index (κ1) is 14.7. The van der Waals surface area contributed by atoms with Crippen molar-refractivity contribution in [1.29, 1.82) is 0 Å². The highest BCUT2D eigenvalue weighted by Crippen LogP contribution is 2.33. The van der Waals surface area contributed by atoms with Crippen molar-refractivity contribution in [1.82, 2.24) is 19.5 Å². The van der Waals surface area contributed by atoms with Crippen LogP contribution in [0.1, 0.15) is 13.2 Å². The highest BCUT2D eigenvalue weighted by Gasteiger charge is 2.46. The molecule has 0 amide bonds. The van der Waals surface area contributed by atoms with Crippen LogP contribution in [-0.4, -0.2) is 54.7 Å². The third-order valence-corrected chi connectivity index (χ3v) is 3.52. The van der Waals surface area contributed by atoms with Crippen molar-refractivity contribution in [2.45, 2.75) is 31.5 Å². The molecule has 9 nitrogen and oxygen atoms in total. The van der Waals surface area contributed by atoms with E-state index in [0.29, 0.717) is 11.2 Å². The van der Waals surface area contributed by atoms with Crippen LogP contribution < -0.4 is 5.73 Å². The zero-order chi connectivity index (χ0) is 15.7. The average Bonchev–Trinajstić information content (AvgIpc) is 3.07. The fraction of sp³-hybridized carbons (Fsp3) is 0.462. The highest BCUT2D eigenvalue weighted by molar-refractivity contribution is 5.81. The van der Waals surface area contributed by atoms with Crippen LogP contribution in [0.3, 0.4) is 0 Å². The first-order valence-corrected chi connectivity index (χ1v) is 6.81. The van der Waals surface area contributed by atoms with Gasteiger partial charge >= 0.3 is 0 Å². The Hall–Kier alpha value is -2.23. The van der Waals surface area contributed by atoms with Crippen molar-refractivity contribution >= 4 is 17.0 Å². The Morgan fingerprint density at radius 1 is 1.45 bits per heavy atom. The van der Waals surface area contributed by atoms with Gasteiger partial charge in [-0.3, -0.25) is 4.57 Å². The largest absolute Gasteiger partial charge is 0.493 e. The lowest BCUT2D eigenvalue weighted by Gasteiger charge is -2.18. The molecule has 3 rings (SSSR count). The van der Waals surface area contributed by atoms with E-state index in [1.165, 1.54) is 18.9 Å². The average molecular weight is 307 g/mol. The summed E-state index contributed by atoms with van der Waals surface area (Å²) in [5.41, 5.74) is 6.62. The van der Waals surface area contributed by atoms with Gasteiger partial charge in [0, 0.05) is 0 Å². The summed E-state index contributed by atoms with van der Waals surface area (Å²) in [4.78, 5) is 12.1. The lowest BCUT2D eigenvalue weighted by atomic mass is 10.1. The third-order valence-electron chi connectivity index (χ3n) is 3.52. The predicted octanol–water partition coefficient (Wildman–Crippen LogP) is -0.422. The van der Waals surface area contributed by atoms with Crippen LogP contribution in [0.5, 0.6) is 0 Å². The first-order valence-electron chi connectivity index (χ1n) is 6.81. The Bertz CT molecular complexity index is 688. The van der Waals surface area contributed by atoms with E-state index in [2.05, 4.69) is 15.0 Å². The molecule has 2 aromatic rings. The van der Waals surface area contributed by atoms with Crippen molar-refractivity contribution in [3.8, 4) is 0 Å². The molecule has 1 aliphatic heterocycles. The number of hydrogen-bond acceptors (Lipinski definition) is 8. The monoisotopic (exact) mass is 307 g/mol. The predicted molar refractivity (Wildman–Crippen MR) is 76.4 cm³/mol. The second-order valence-corrected chi connectivity index (χ2v) is 4.89. The summed E-state index contributed by atoms with van der Waals surface area (Å²) >= 11 is 0. The smallest absolute Gasteiger partial charge is 0.167 e. The van der Waals surface area contributed by atoms with Gasteiger partial charge in [0.15, 0.2) is 23.8 Å². The third kappa shape index (κ3) is 2.28. The molecule has 0 aliphatic carbocycles. The molecule has 0 radical (unpaired) electrons. The number of ether oxygens (including phenoxy) is 2. The van der Waals surface area contributed by atoms with E-state index in [4.69, 9.17) is 15.2 Å². The zero-order valence-electron chi connectivity index (χ0n) is 11.9. The molecule has 0 saturated carbocycles. The van der Waals surface area contributed by atoms with Crippen LogP contribution in [0.25, 0.3) is 11.2 Å². The molecule has 0 bridgehead atoms. The van der Waals surface area contributed by atoms with Gasteiger partial charge in [0.25, 0.3) is 0 Å². The number of nitrogens with zero attached hydrogens (tertiary/aromatic N) is 4. The number of anilines is 1. The lowest BCUT2D eigenvalue weighted by molar-refractivity contribution is -0.0516. The molecule has 4 atom stereocenters. The molecule has 22 heavy (non-hydrogen) atoms. The van der Waals surface area contributed by atoms with E-state index in [9.17, 15) is 10.2 Å². The van der Waals surface area contributed by atoms with Gasteiger partial charge in [0.1, 0.15) is 24.1 Å². The minimum absolute atomic E-state index is 0.247. The summed E-state index contributed by atoms with van der Waals surface area (Å²) in [6.45, 7) is 1.51. The zero-order valence-corrected chi connectivity index (χ0v) is 11.9. The molecule has 2 aromatic heterocycles. The van der Waals surface area contributed by atoms with E-state index < -0.39 is 24.5 Å². The number of rotatable bonds is 4. The molecule has 3 heterocycles. The Labute approximate surface area is 126 Å². The van der Waals surface area contributed by atoms with Crippen LogP contribution in [0.4, 0.5) is 5.82 Å². The number of nitrogens with two attached hydrogens (primary N) is 1. The molecule has 1 aliphatic rings. The molecular formula is C13H17N5O4. The Morgan fingerprint density at radius 2 is 2.27 bits per heavy atom. The number of aromatic nitrogens is 4. The maximum atomic E-state index is 10.5. The van der Waals surface area contributed by atoms with Gasteiger partial charge in [0.2, 0.25) is 0 Å². The Morgan fingerprint density at radius 3 is 3.00 bits per heavy atom. The number of imidazole rings is 1. The fourth-order valence-electron chi connectivity index (χ4n) is 2.49. The van der Waals surface area contributed by atoms with Crippen LogP contribution in [-0.2, 0) is 9.47 Å². The van der Waals surface area contributed by atoms with Gasteiger partial charge in [-0.05, 0) is 6.92 Å². The van der Waals surface area contributed by atoms with Crippen molar-refractivity contribution < 1.29 is 19.7 Å². The maximum Gasteiger partial charge on any atom is 0.167 e. The maximum absolute atomic E-state index is 10.5. The number of nitrogen functional groups attached to an aromatic ring is 1. The number of allylic oxidation sites excluding steroid dienone is 1. The van der Waals surface area contributed by atoms with Gasteiger partial charge in [-0.2, -0.15) is 0 Å². The molecular weight excluding hydrogens is 290 g/mol. The lowest BCUT2D eigenvalue weighted by Crippen LogP contribution is -2.34. The quantitative estimate of drug-likeness (QED) is 0.649. The summed E-state index contributed by atoms with van der Waals surface area (Å²) in [7, 11) is 0. The highest BCUT2D eigenvalue weighted by atomic mass is 16.6. The van der Waals surface area contributed by atoms with E-state index in [1.54, 1.807) is 17.6 Å². The van der Waals surface area contributed by atoms with Gasteiger partial charge in [-0.25, -0.2) is 15.0 Å². The van der Waals surface area contributed by atoms with Crippen molar-refractivity contribution in [3.63, 3.8) is 0 Å².